The number of hydrogen-bond donors (Lipinski definition) is 1. The number of hydrogen-bond acceptors (Lipinski definition) is 6. The average Bonchev–Trinajstić information content (AvgIpc) is 3.09. The molecule has 0 atom stereocenters. The van der Waals surface area contributed by atoms with Gasteiger partial charge in [0.2, 0.25) is 10.0 Å². The van der Waals surface area contributed by atoms with Crippen molar-refractivity contribution in [1.29, 1.82) is 0 Å². The summed E-state index contributed by atoms with van der Waals surface area (Å²) in [6, 6.07) is 11.5. The first-order valence-electron chi connectivity index (χ1n) is 8.25. The van der Waals surface area contributed by atoms with E-state index in [4.69, 9.17) is 0 Å². The number of nitrogens with one attached hydrogen (secondary N) is 1. The summed E-state index contributed by atoms with van der Waals surface area (Å²) >= 11 is 1.51. The molecule has 0 bridgehead atoms. The lowest BCUT2D eigenvalue weighted by Crippen LogP contribution is -2.34. The molecule has 0 fully saturated rings. The molecular weight excluding hydrogens is 404 g/mol. The number of rotatable bonds is 4. The first-order valence-corrected chi connectivity index (χ1v) is 11.0. The minimum absolute atomic E-state index is 0. The molecule has 0 saturated heterocycles. The van der Waals surface area contributed by atoms with Crippen LogP contribution in [0.15, 0.2) is 48.0 Å². The van der Waals surface area contributed by atoms with Gasteiger partial charge in [-0.3, -0.25) is 4.31 Å². The van der Waals surface area contributed by atoms with Crippen molar-refractivity contribution in [3.63, 3.8) is 0 Å². The summed E-state index contributed by atoms with van der Waals surface area (Å²) in [6.07, 6.45) is 4.69. The quantitative estimate of drug-likeness (QED) is 0.685. The normalized spacial score (nSPS) is 13.6. The molecule has 3 aromatic rings. The zero-order valence-electron chi connectivity index (χ0n) is 14.6. The molecule has 0 amide bonds. The maximum Gasteiger partial charge on any atom is 0.232 e. The average molecular weight is 423 g/mol. The van der Waals surface area contributed by atoms with E-state index in [9.17, 15) is 8.42 Å². The highest BCUT2D eigenvalue weighted by molar-refractivity contribution is 7.92. The van der Waals surface area contributed by atoms with Crippen molar-refractivity contribution in [2.45, 2.75) is 12.8 Å². The Morgan fingerprint density at radius 2 is 2.07 bits per heavy atom. The Morgan fingerprint density at radius 3 is 2.81 bits per heavy atom. The van der Waals surface area contributed by atoms with E-state index >= 15 is 0 Å². The van der Waals surface area contributed by atoms with Gasteiger partial charge >= 0.3 is 0 Å². The number of sulfonamides is 1. The van der Waals surface area contributed by atoms with Crippen LogP contribution in [0.1, 0.15) is 12.0 Å². The van der Waals surface area contributed by atoms with Crippen molar-refractivity contribution in [1.82, 2.24) is 9.97 Å². The largest absolute Gasteiger partial charge is 0.316 e. The summed E-state index contributed by atoms with van der Waals surface area (Å²) in [5.41, 5.74) is 3.69. The van der Waals surface area contributed by atoms with Gasteiger partial charge in [-0.05, 0) is 42.7 Å². The van der Waals surface area contributed by atoms with Crippen LogP contribution in [0.4, 0.5) is 16.6 Å². The molecule has 0 aliphatic carbocycles. The van der Waals surface area contributed by atoms with Crippen LogP contribution in [0.2, 0.25) is 0 Å². The van der Waals surface area contributed by atoms with E-state index in [0.717, 1.165) is 46.3 Å². The van der Waals surface area contributed by atoms with Crippen molar-refractivity contribution in [2.75, 3.05) is 22.4 Å². The first-order chi connectivity index (χ1) is 12.5. The van der Waals surface area contributed by atoms with Crippen LogP contribution in [0.5, 0.6) is 0 Å². The van der Waals surface area contributed by atoms with Crippen LogP contribution in [0, 0.1) is 0 Å². The second kappa shape index (κ2) is 7.84. The number of aromatic nitrogens is 2. The summed E-state index contributed by atoms with van der Waals surface area (Å²) in [4.78, 5) is 8.87. The Balaban J connectivity index is 0.00000210. The number of aryl methyl sites for hydroxylation is 1. The standard InChI is InChI=1S/C18H18N4O2S2.ClH/c1-26(23,24)22-10-4-5-14-11-13(7-8-16(14)22)15-12-25-18(20-15)21-17-6-2-3-9-19-17;/h2-3,6-9,11-12H,4-5,10H2,1H3,(H,19,20,21);1H. The van der Waals surface area contributed by atoms with Gasteiger partial charge in [0.15, 0.2) is 5.13 Å². The number of pyridine rings is 1. The van der Waals surface area contributed by atoms with Crippen LogP contribution >= 0.6 is 23.7 Å². The molecule has 1 N–H and O–H groups in total. The highest BCUT2D eigenvalue weighted by Gasteiger charge is 2.24. The van der Waals surface area contributed by atoms with Gasteiger partial charge in [0.05, 0.1) is 17.6 Å². The lowest BCUT2D eigenvalue weighted by atomic mass is 10.00. The number of benzene rings is 1. The Kier molecular flexibility index (Phi) is 5.69. The van der Waals surface area contributed by atoms with E-state index in [1.165, 1.54) is 21.9 Å². The maximum atomic E-state index is 12.0. The van der Waals surface area contributed by atoms with Crippen LogP contribution in [-0.2, 0) is 16.4 Å². The van der Waals surface area contributed by atoms with Gasteiger partial charge in [-0.1, -0.05) is 12.1 Å². The van der Waals surface area contributed by atoms with E-state index < -0.39 is 10.0 Å². The summed E-state index contributed by atoms with van der Waals surface area (Å²) in [6.45, 7) is 0.542. The van der Waals surface area contributed by atoms with Gasteiger partial charge < -0.3 is 5.32 Å². The van der Waals surface area contributed by atoms with Crippen LogP contribution in [-0.4, -0.2) is 31.2 Å². The van der Waals surface area contributed by atoms with Crippen molar-refractivity contribution >= 4 is 50.4 Å². The highest BCUT2D eigenvalue weighted by atomic mass is 35.5. The van der Waals surface area contributed by atoms with Gasteiger partial charge in [0.25, 0.3) is 0 Å². The van der Waals surface area contributed by atoms with E-state index in [1.807, 2.05) is 41.8 Å². The summed E-state index contributed by atoms with van der Waals surface area (Å²) in [7, 11) is -3.24. The Bertz CT molecular complexity index is 1040. The molecule has 1 aliphatic heterocycles. The van der Waals surface area contributed by atoms with Crippen molar-refractivity contribution < 1.29 is 8.42 Å². The molecule has 2 aromatic heterocycles. The molecule has 27 heavy (non-hydrogen) atoms. The lowest BCUT2D eigenvalue weighted by Gasteiger charge is -2.29. The van der Waals surface area contributed by atoms with Crippen LogP contribution < -0.4 is 9.62 Å². The maximum absolute atomic E-state index is 12.0. The first kappa shape index (κ1) is 19.6. The monoisotopic (exact) mass is 422 g/mol. The van der Waals surface area contributed by atoms with E-state index in [1.54, 1.807) is 6.20 Å². The zero-order valence-corrected chi connectivity index (χ0v) is 17.1. The van der Waals surface area contributed by atoms with Crippen molar-refractivity contribution in [3.05, 3.63) is 53.5 Å². The van der Waals surface area contributed by atoms with Gasteiger partial charge in [0.1, 0.15) is 5.82 Å². The Labute approximate surface area is 168 Å². The third-order valence-corrected chi connectivity index (χ3v) is 6.19. The summed E-state index contributed by atoms with van der Waals surface area (Å²) < 4.78 is 25.5. The molecule has 0 unspecified atom stereocenters. The van der Waals surface area contributed by atoms with Gasteiger partial charge in [0, 0.05) is 23.7 Å². The van der Waals surface area contributed by atoms with Gasteiger partial charge in [-0.25, -0.2) is 18.4 Å². The SMILES string of the molecule is CS(=O)(=O)N1CCCc2cc(-c3csc(Nc4ccccn4)n3)ccc21.Cl. The molecule has 0 radical (unpaired) electrons. The topological polar surface area (TPSA) is 75.2 Å². The Hall–Kier alpha value is -2.16. The van der Waals surface area contributed by atoms with E-state index in [-0.39, 0.29) is 12.4 Å². The lowest BCUT2D eigenvalue weighted by molar-refractivity contribution is 0.592. The van der Waals surface area contributed by atoms with Gasteiger partial charge in [-0.15, -0.1) is 23.7 Å². The predicted molar refractivity (Wildman–Crippen MR) is 113 cm³/mol. The van der Waals surface area contributed by atoms with E-state index in [0.29, 0.717) is 6.54 Å². The second-order valence-corrected chi connectivity index (χ2v) is 8.92. The minimum atomic E-state index is -3.24. The number of thiazole rings is 1. The van der Waals surface area contributed by atoms with Crippen molar-refractivity contribution in [2.24, 2.45) is 0 Å². The van der Waals surface area contributed by atoms with Crippen LogP contribution in [0.3, 0.4) is 0 Å². The fourth-order valence-electron chi connectivity index (χ4n) is 3.08. The number of nitrogens with zero attached hydrogens (tertiary/aromatic N) is 3. The molecule has 0 saturated carbocycles. The molecule has 0 spiro atoms. The molecule has 3 heterocycles. The fraction of sp³-hybridized carbons (Fsp3) is 0.222. The summed E-state index contributed by atoms with van der Waals surface area (Å²) in [5, 5.41) is 5.95. The second-order valence-electron chi connectivity index (χ2n) is 6.16. The highest BCUT2D eigenvalue weighted by Crippen LogP contribution is 2.34. The summed E-state index contributed by atoms with van der Waals surface area (Å²) in [5.74, 6) is 0.752. The number of fused-ring (bicyclic) bond motifs is 1. The third kappa shape index (κ3) is 4.23. The van der Waals surface area contributed by atoms with Gasteiger partial charge in [-0.2, -0.15) is 0 Å². The third-order valence-electron chi connectivity index (χ3n) is 4.26. The smallest absolute Gasteiger partial charge is 0.232 e. The molecule has 4 rings (SSSR count). The Morgan fingerprint density at radius 1 is 1.22 bits per heavy atom. The molecule has 142 valence electrons. The molecular formula is C18H19ClN4O2S2. The fourth-order valence-corrected chi connectivity index (χ4v) is 4.80. The number of halogens is 1. The van der Waals surface area contributed by atoms with Crippen molar-refractivity contribution in [3.8, 4) is 11.3 Å². The zero-order chi connectivity index (χ0) is 18.1. The molecule has 1 aliphatic rings. The minimum Gasteiger partial charge on any atom is -0.316 e. The molecule has 9 heteroatoms. The predicted octanol–water partition coefficient (Wildman–Crippen LogP) is 4.08. The van der Waals surface area contributed by atoms with E-state index in [2.05, 4.69) is 15.3 Å². The molecule has 6 nitrogen and oxygen atoms in total. The molecule has 1 aromatic carbocycles. The number of anilines is 3. The van der Waals surface area contributed by atoms with Crippen LogP contribution in [0.25, 0.3) is 11.3 Å².